The number of ether oxygens (including phenoxy) is 1. The maximum atomic E-state index is 12.0. The number of carboxylic acids is 1. The van der Waals surface area contributed by atoms with Gasteiger partial charge in [-0.05, 0) is 19.3 Å². The van der Waals surface area contributed by atoms with E-state index in [1.165, 1.54) is 6.08 Å². The molecule has 3 N–H and O–H groups in total. The van der Waals surface area contributed by atoms with Crippen LogP contribution in [-0.4, -0.2) is 33.7 Å². The summed E-state index contributed by atoms with van der Waals surface area (Å²) >= 11 is 0. The van der Waals surface area contributed by atoms with Crippen molar-refractivity contribution < 1.29 is 19.4 Å². The van der Waals surface area contributed by atoms with Crippen molar-refractivity contribution in [1.29, 1.82) is 0 Å². The number of aromatic amines is 1. The summed E-state index contributed by atoms with van der Waals surface area (Å²) in [4.78, 5) is 40.8. The molecule has 1 unspecified atom stereocenters. The third-order valence-electron chi connectivity index (χ3n) is 3.18. The Bertz CT molecular complexity index is 637. The molecule has 0 saturated heterocycles. The molecule has 1 heterocycles. The second kappa shape index (κ2) is 6.21. The second-order valence-electron chi connectivity index (χ2n) is 4.63. The molecule has 8 nitrogen and oxygen atoms in total. The number of carboxylic acid groups (broad SMARTS) is 1. The molecule has 1 atom stereocenters. The molecule has 0 fully saturated rings. The minimum Gasteiger partial charge on any atom is -0.481 e. The van der Waals surface area contributed by atoms with Crippen LogP contribution in [0.4, 0.5) is 10.7 Å². The van der Waals surface area contributed by atoms with Crippen LogP contribution in [0.15, 0.2) is 17.4 Å². The Balaban J connectivity index is 2.17. The summed E-state index contributed by atoms with van der Waals surface area (Å²) in [5.41, 5.74) is 0.430. The maximum absolute atomic E-state index is 12.0. The van der Waals surface area contributed by atoms with E-state index in [1.54, 1.807) is 0 Å². The van der Waals surface area contributed by atoms with Gasteiger partial charge in [0, 0.05) is 5.56 Å². The van der Waals surface area contributed by atoms with E-state index in [0.717, 1.165) is 0 Å². The van der Waals surface area contributed by atoms with Crippen LogP contribution in [0.3, 0.4) is 0 Å². The minimum absolute atomic E-state index is 0.0124. The van der Waals surface area contributed by atoms with Crippen molar-refractivity contribution in [1.82, 2.24) is 9.97 Å². The molecule has 1 aromatic heterocycles. The first-order chi connectivity index (χ1) is 10.0. The van der Waals surface area contributed by atoms with Crippen LogP contribution in [-0.2, 0) is 22.4 Å². The Morgan fingerprint density at radius 3 is 3.00 bits per heavy atom. The quantitative estimate of drug-likeness (QED) is 0.702. The first-order valence-corrected chi connectivity index (χ1v) is 6.40. The zero-order valence-electron chi connectivity index (χ0n) is 11.2. The molecule has 21 heavy (non-hydrogen) atoms. The van der Waals surface area contributed by atoms with Gasteiger partial charge in [-0.25, -0.2) is 9.78 Å². The lowest BCUT2D eigenvalue weighted by Crippen LogP contribution is -2.30. The highest BCUT2D eigenvalue weighted by atomic mass is 16.5. The Kier molecular flexibility index (Phi) is 4.36. The first kappa shape index (κ1) is 14.8. The molecule has 1 aliphatic carbocycles. The number of aliphatic carboxylic acids is 1. The molecule has 0 radical (unpaired) electrons. The van der Waals surface area contributed by atoms with Crippen LogP contribution in [0.5, 0.6) is 0 Å². The van der Waals surface area contributed by atoms with E-state index in [2.05, 4.69) is 21.9 Å². The highest BCUT2D eigenvalue weighted by Gasteiger charge is 2.27. The number of H-pyrrole nitrogens is 1. The summed E-state index contributed by atoms with van der Waals surface area (Å²) < 4.78 is 4.72. The lowest BCUT2D eigenvalue weighted by molar-refractivity contribution is -0.142. The van der Waals surface area contributed by atoms with Gasteiger partial charge in [0.1, 0.15) is 6.61 Å². The van der Waals surface area contributed by atoms with Gasteiger partial charge >= 0.3 is 12.1 Å². The van der Waals surface area contributed by atoms with Crippen LogP contribution in [0, 0.1) is 5.92 Å². The van der Waals surface area contributed by atoms with E-state index in [0.29, 0.717) is 24.1 Å². The number of amides is 1. The summed E-state index contributed by atoms with van der Waals surface area (Å²) in [6.45, 7) is 3.45. The number of carbonyl (C=O) groups is 2. The van der Waals surface area contributed by atoms with E-state index in [1.807, 2.05) is 0 Å². The molecule has 1 aromatic rings. The number of nitrogens with zero attached hydrogens (tertiary/aromatic N) is 1. The number of anilines is 1. The minimum atomic E-state index is -0.921. The van der Waals surface area contributed by atoms with E-state index in [4.69, 9.17) is 9.84 Å². The van der Waals surface area contributed by atoms with Crippen molar-refractivity contribution in [3.63, 3.8) is 0 Å². The van der Waals surface area contributed by atoms with Gasteiger partial charge in [0.05, 0.1) is 11.6 Å². The number of aryl methyl sites for hydroxylation is 1. The highest BCUT2D eigenvalue weighted by Crippen LogP contribution is 2.22. The third-order valence-corrected chi connectivity index (χ3v) is 3.18. The molecule has 112 valence electrons. The molecular weight excluding hydrogens is 278 g/mol. The monoisotopic (exact) mass is 293 g/mol. The summed E-state index contributed by atoms with van der Waals surface area (Å²) in [5.74, 6) is -1.51. The molecule has 1 amide bonds. The first-order valence-electron chi connectivity index (χ1n) is 6.40. The number of nitrogens with one attached hydrogen (secondary N) is 2. The standard InChI is InChI=1S/C13H15N3O5/c1-2-5-21-13(20)16-12-14-9-4-3-7(11(18)19)6-8(9)10(17)15-12/h2,7H,1,3-6H2,(H,18,19)(H2,14,15,16,17,20). The number of rotatable bonds is 4. The fourth-order valence-corrected chi connectivity index (χ4v) is 2.16. The van der Waals surface area contributed by atoms with E-state index in [-0.39, 0.29) is 19.0 Å². The lowest BCUT2D eigenvalue weighted by Gasteiger charge is -2.20. The van der Waals surface area contributed by atoms with Gasteiger partial charge < -0.3 is 9.84 Å². The summed E-state index contributed by atoms with van der Waals surface area (Å²) in [6.07, 6.45) is 1.60. The lowest BCUT2D eigenvalue weighted by atomic mass is 9.87. The van der Waals surface area contributed by atoms with Crippen molar-refractivity contribution in [2.45, 2.75) is 19.3 Å². The SMILES string of the molecule is C=CCOC(=O)Nc1nc2c(c(=O)[nH]1)CC(C(=O)O)CC2. The Morgan fingerprint density at radius 2 is 2.33 bits per heavy atom. The molecule has 8 heteroatoms. The molecular formula is C13H15N3O5. The van der Waals surface area contributed by atoms with Crippen LogP contribution in [0.2, 0.25) is 0 Å². The summed E-state index contributed by atoms with van der Waals surface area (Å²) in [5, 5.41) is 11.3. The predicted molar refractivity (Wildman–Crippen MR) is 73.2 cm³/mol. The van der Waals surface area contributed by atoms with Crippen LogP contribution in [0.25, 0.3) is 0 Å². The molecule has 0 saturated carbocycles. The maximum Gasteiger partial charge on any atom is 0.414 e. The van der Waals surface area contributed by atoms with Crippen molar-refractivity contribution in [2.75, 3.05) is 11.9 Å². The predicted octanol–water partition coefficient (Wildman–Crippen LogP) is 0.694. The van der Waals surface area contributed by atoms with Gasteiger partial charge in [-0.3, -0.25) is 19.9 Å². The highest BCUT2D eigenvalue weighted by molar-refractivity contribution is 5.82. The smallest absolute Gasteiger partial charge is 0.414 e. The number of hydrogen-bond donors (Lipinski definition) is 3. The van der Waals surface area contributed by atoms with Crippen molar-refractivity contribution >= 4 is 18.0 Å². The van der Waals surface area contributed by atoms with Crippen molar-refractivity contribution in [3.05, 3.63) is 34.3 Å². The second-order valence-corrected chi connectivity index (χ2v) is 4.63. The number of carbonyl (C=O) groups excluding carboxylic acids is 1. The van der Waals surface area contributed by atoms with Gasteiger partial charge in [-0.1, -0.05) is 12.7 Å². The van der Waals surface area contributed by atoms with E-state index < -0.39 is 23.5 Å². The van der Waals surface area contributed by atoms with E-state index >= 15 is 0 Å². The fraction of sp³-hybridized carbons (Fsp3) is 0.385. The van der Waals surface area contributed by atoms with Gasteiger partial charge in [-0.2, -0.15) is 0 Å². The third kappa shape index (κ3) is 3.47. The number of fused-ring (bicyclic) bond motifs is 1. The zero-order chi connectivity index (χ0) is 15.4. The van der Waals surface area contributed by atoms with Crippen LogP contribution < -0.4 is 10.9 Å². The van der Waals surface area contributed by atoms with E-state index in [9.17, 15) is 14.4 Å². The van der Waals surface area contributed by atoms with Crippen LogP contribution in [0.1, 0.15) is 17.7 Å². The summed E-state index contributed by atoms with van der Waals surface area (Å²) in [6, 6.07) is 0. The molecule has 0 spiro atoms. The van der Waals surface area contributed by atoms with Crippen molar-refractivity contribution in [2.24, 2.45) is 5.92 Å². The normalized spacial score (nSPS) is 16.7. The van der Waals surface area contributed by atoms with Gasteiger partial charge in [0.25, 0.3) is 5.56 Å². The average Bonchev–Trinajstić information content (AvgIpc) is 2.44. The number of hydrogen-bond acceptors (Lipinski definition) is 5. The fourth-order valence-electron chi connectivity index (χ4n) is 2.16. The van der Waals surface area contributed by atoms with Crippen molar-refractivity contribution in [3.8, 4) is 0 Å². The van der Waals surface area contributed by atoms with Gasteiger partial charge in [-0.15, -0.1) is 0 Å². The molecule has 2 rings (SSSR count). The molecule has 0 aromatic carbocycles. The summed E-state index contributed by atoms with van der Waals surface area (Å²) in [7, 11) is 0. The topological polar surface area (TPSA) is 121 Å². The molecule has 0 aliphatic heterocycles. The molecule has 1 aliphatic rings. The number of aromatic nitrogens is 2. The largest absolute Gasteiger partial charge is 0.481 e. The Hall–Kier alpha value is -2.64. The Morgan fingerprint density at radius 1 is 1.57 bits per heavy atom. The van der Waals surface area contributed by atoms with Gasteiger partial charge in [0.2, 0.25) is 5.95 Å². The van der Waals surface area contributed by atoms with Gasteiger partial charge in [0.15, 0.2) is 0 Å². The molecule has 0 bridgehead atoms. The van der Waals surface area contributed by atoms with Crippen LogP contribution >= 0.6 is 0 Å². The zero-order valence-corrected chi connectivity index (χ0v) is 11.2. The Labute approximate surface area is 119 Å². The average molecular weight is 293 g/mol.